The maximum Gasteiger partial charge on any atom is 0.230 e. The van der Waals surface area contributed by atoms with E-state index in [4.69, 9.17) is 14.2 Å². The molecule has 0 aliphatic heterocycles. The van der Waals surface area contributed by atoms with Crippen molar-refractivity contribution in [2.45, 2.75) is 117 Å². The first kappa shape index (κ1) is 31.9. The molecular formula is C31H53NO4. The Hall–Kier alpha value is -2.17. The normalized spacial score (nSPS) is 11.6. The number of hydrogen-bond donors (Lipinski definition) is 1. The van der Waals surface area contributed by atoms with Crippen molar-refractivity contribution in [2.75, 3.05) is 26.6 Å². The molecular weight excluding hydrogens is 450 g/mol. The van der Waals surface area contributed by atoms with E-state index in [1.165, 1.54) is 83.5 Å². The number of ether oxygens (including phenoxy) is 3. The fraction of sp³-hybridized carbons (Fsp3) is 0.710. The van der Waals surface area contributed by atoms with Crippen LogP contribution in [0, 0.1) is 5.41 Å². The smallest absolute Gasteiger partial charge is 0.230 e. The van der Waals surface area contributed by atoms with Crippen molar-refractivity contribution in [1.29, 1.82) is 0 Å². The highest BCUT2D eigenvalue weighted by molar-refractivity contribution is 5.97. The number of unbranched alkanes of at least 4 members (excludes halogenated alkanes) is 12. The Labute approximate surface area is 221 Å². The third-order valence-corrected chi connectivity index (χ3v) is 6.88. The zero-order chi connectivity index (χ0) is 26.7. The van der Waals surface area contributed by atoms with Crippen LogP contribution >= 0.6 is 0 Å². The third-order valence-electron chi connectivity index (χ3n) is 6.88. The van der Waals surface area contributed by atoms with Crippen LogP contribution in [0.3, 0.4) is 0 Å². The highest BCUT2D eigenvalue weighted by atomic mass is 16.5. The molecule has 0 atom stereocenters. The second-order valence-electron chi connectivity index (χ2n) is 10.4. The third kappa shape index (κ3) is 12.7. The van der Waals surface area contributed by atoms with Crippen molar-refractivity contribution in [3.05, 3.63) is 24.3 Å². The lowest BCUT2D eigenvalue weighted by Gasteiger charge is -2.25. The van der Waals surface area contributed by atoms with Crippen LogP contribution in [0.5, 0.6) is 17.2 Å². The number of nitrogens with one attached hydrogen (secondary N) is 1. The van der Waals surface area contributed by atoms with E-state index in [0.29, 0.717) is 22.9 Å². The highest BCUT2D eigenvalue weighted by Crippen LogP contribution is 2.40. The molecule has 1 amide bonds. The number of benzene rings is 1. The molecule has 0 aromatic heterocycles. The zero-order valence-corrected chi connectivity index (χ0v) is 24.0. The van der Waals surface area contributed by atoms with Gasteiger partial charge in [-0.2, -0.15) is 0 Å². The number of amides is 1. The summed E-state index contributed by atoms with van der Waals surface area (Å²) in [6.07, 6.45) is 23.6. The van der Waals surface area contributed by atoms with E-state index in [0.717, 1.165) is 12.8 Å². The lowest BCUT2D eigenvalue weighted by Crippen LogP contribution is -2.31. The Morgan fingerprint density at radius 3 is 1.69 bits per heavy atom. The van der Waals surface area contributed by atoms with Gasteiger partial charge in [-0.25, -0.2) is 0 Å². The highest BCUT2D eigenvalue weighted by Gasteiger charge is 2.29. The largest absolute Gasteiger partial charge is 0.496 e. The van der Waals surface area contributed by atoms with Gasteiger partial charge in [-0.1, -0.05) is 97.1 Å². The summed E-state index contributed by atoms with van der Waals surface area (Å²) >= 11 is 0. The topological polar surface area (TPSA) is 56.8 Å². The van der Waals surface area contributed by atoms with Crippen LogP contribution in [0.15, 0.2) is 24.3 Å². The molecule has 1 aromatic rings. The van der Waals surface area contributed by atoms with E-state index in [1.807, 2.05) is 13.8 Å². The monoisotopic (exact) mass is 503 g/mol. The van der Waals surface area contributed by atoms with E-state index < -0.39 is 5.41 Å². The number of anilines is 1. The molecule has 206 valence electrons. The van der Waals surface area contributed by atoms with Crippen LogP contribution in [-0.2, 0) is 4.79 Å². The number of allylic oxidation sites excluding steroid dienone is 2. The molecule has 0 saturated carbocycles. The zero-order valence-electron chi connectivity index (χ0n) is 24.0. The van der Waals surface area contributed by atoms with Gasteiger partial charge in [0, 0.05) is 17.5 Å². The van der Waals surface area contributed by atoms with Crippen molar-refractivity contribution in [3.8, 4) is 17.2 Å². The molecule has 0 aliphatic rings. The fourth-order valence-electron chi connectivity index (χ4n) is 4.34. The second kappa shape index (κ2) is 19.0. The minimum absolute atomic E-state index is 0.0305. The Kier molecular flexibility index (Phi) is 16.8. The number of methoxy groups -OCH3 is 3. The lowest BCUT2D eigenvalue weighted by molar-refractivity contribution is -0.124. The van der Waals surface area contributed by atoms with Crippen molar-refractivity contribution < 1.29 is 19.0 Å². The summed E-state index contributed by atoms with van der Waals surface area (Å²) < 4.78 is 16.2. The van der Waals surface area contributed by atoms with Gasteiger partial charge in [0.05, 0.1) is 21.3 Å². The molecule has 0 bridgehead atoms. The van der Waals surface area contributed by atoms with E-state index in [1.54, 1.807) is 33.5 Å². The van der Waals surface area contributed by atoms with Crippen LogP contribution in [0.1, 0.15) is 117 Å². The number of hydrogen-bond acceptors (Lipinski definition) is 4. The number of carbonyl (C=O) groups is 1. The van der Waals surface area contributed by atoms with Crippen LogP contribution in [0.4, 0.5) is 5.69 Å². The Morgan fingerprint density at radius 1 is 0.750 bits per heavy atom. The molecule has 1 N–H and O–H groups in total. The SMILES string of the molecule is CCCCCCCC/C=C\CCCCCCCCC(C)(C)C(=O)Nc1c(OC)cc(OC)cc1OC. The summed E-state index contributed by atoms with van der Waals surface area (Å²) in [5, 5.41) is 3.03. The van der Waals surface area contributed by atoms with Crippen LogP contribution < -0.4 is 19.5 Å². The maximum atomic E-state index is 13.1. The Bertz CT molecular complexity index is 732. The average Bonchev–Trinajstić information content (AvgIpc) is 2.88. The van der Waals surface area contributed by atoms with Crippen LogP contribution in [0.2, 0.25) is 0 Å². The van der Waals surface area contributed by atoms with Crippen molar-refractivity contribution >= 4 is 11.6 Å². The predicted molar refractivity (Wildman–Crippen MR) is 153 cm³/mol. The van der Waals surface area contributed by atoms with Gasteiger partial charge in [0.25, 0.3) is 0 Å². The number of carbonyl (C=O) groups excluding carboxylic acids is 1. The predicted octanol–water partition coefficient (Wildman–Crippen LogP) is 9.10. The van der Waals surface area contributed by atoms with E-state index in [9.17, 15) is 4.79 Å². The van der Waals surface area contributed by atoms with Crippen molar-refractivity contribution in [3.63, 3.8) is 0 Å². The minimum atomic E-state index is -0.475. The van der Waals surface area contributed by atoms with Gasteiger partial charge in [0.1, 0.15) is 22.9 Å². The molecule has 36 heavy (non-hydrogen) atoms. The molecule has 0 heterocycles. The fourth-order valence-corrected chi connectivity index (χ4v) is 4.34. The molecule has 0 unspecified atom stereocenters. The molecule has 0 fully saturated rings. The van der Waals surface area contributed by atoms with E-state index in [-0.39, 0.29) is 5.91 Å². The molecule has 5 nitrogen and oxygen atoms in total. The first-order valence-corrected chi connectivity index (χ1v) is 14.2. The van der Waals surface area contributed by atoms with Crippen molar-refractivity contribution in [1.82, 2.24) is 0 Å². The quantitative estimate of drug-likeness (QED) is 0.134. The summed E-state index contributed by atoms with van der Waals surface area (Å²) in [4.78, 5) is 13.1. The van der Waals surface area contributed by atoms with Gasteiger partial charge >= 0.3 is 0 Å². The molecule has 0 aliphatic carbocycles. The van der Waals surface area contributed by atoms with Gasteiger partial charge in [0.15, 0.2) is 0 Å². The van der Waals surface area contributed by atoms with Crippen molar-refractivity contribution in [2.24, 2.45) is 5.41 Å². The Morgan fingerprint density at radius 2 is 1.22 bits per heavy atom. The van der Waals surface area contributed by atoms with Gasteiger partial charge in [-0.3, -0.25) is 4.79 Å². The molecule has 0 saturated heterocycles. The summed E-state index contributed by atoms with van der Waals surface area (Å²) in [5.41, 5.74) is 0.0661. The summed E-state index contributed by atoms with van der Waals surface area (Å²) in [5.74, 6) is 1.63. The summed E-state index contributed by atoms with van der Waals surface area (Å²) in [6, 6.07) is 3.49. The lowest BCUT2D eigenvalue weighted by atomic mass is 9.85. The summed E-state index contributed by atoms with van der Waals surface area (Å²) in [6.45, 7) is 6.27. The van der Waals surface area contributed by atoms with Gasteiger partial charge < -0.3 is 19.5 Å². The standard InChI is InChI=1S/C31H53NO4/c1-7-8-9-10-11-12-13-14-15-16-17-18-19-20-21-22-23-31(2,3)30(33)32-29-27(35-5)24-26(34-4)25-28(29)36-6/h14-15,24-25H,7-13,16-23H2,1-6H3,(H,32,33)/b15-14-. The maximum absolute atomic E-state index is 13.1. The van der Waals surface area contributed by atoms with Crippen LogP contribution in [0.25, 0.3) is 0 Å². The average molecular weight is 504 g/mol. The minimum Gasteiger partial charge on any atom is -0.496 e. The van der Waals surface area contributed by atoms with E-state index in [2.05, 4.69) is 24.4 Å². The molecule has 1 rings (SSSR count). The first-order chi connectivity index (χ1) is 17.4. The molecule has 0 spiro atoms. The van der Waals surface area contributed by atoms with Gasteiger partial charge in [-0.15, -0.1) is 0 Å². The number of rotatable bonds is 21. The Balaban J connectivity index is 2.23. The first-order valence-electron chi connectivity index (χ1n) is 14.2. The second-order valence-corrected chi connectivity index (χ2v) is 10.4. The van der Waals surface area contributed by atoms with Gasteiger partial charge in [0.2, 0.25) is 5.91 Å². The van der Waals surface area contributed by atoms with Crippen LogP contribution in [-0.4, -0.2) is 27.2 Å². The molecule has 1 aromatic carbocycles. The molecule has 0 radical (unpaired) electrons. The molecule has 5 heteroatoms. The summed E-state index contributed by atoms with van der Waals surface area (Å²) in [7, 11) is 4.73. The van der Waals surface area contributed by atoms with Gasteiger partial charge in [-0.05, 0) is 32.1 Å². The van der Waals surface area contributed by atoms with E-state index >= 15 is 0 Å².